The summed E-state index contributed by atoms with van der Waals surface area (Å²) in [5, 5.41) is 0. The summed E-state index contributed by atoms with van der Waals surface area (Å²) in [7, 11) is -4.89. The van der Waals surface area contributed by atoms with Crippen molar-refractivity contribution in [2.45, 2.75) is 0 Å². The van der Waals surface area contributed by atoms with Crippen LogP contribution < -0.4 is 4.89 Å². The van der Waals surface area contributed by atoms with Crippen molar-refractivity contribution in [3.63, 3.8) is 0 Å². The van der Waals surface area contributed by atoms with Gasteiger partial charge in [-0.25, -0.2) is 0 Å². The van der Waals surface area contributed by atoms with E-state index in [0.717, 1.165) is 0 Å². The molecule has 0 aromatic carbocycles. The molecule has 0 aliphatic heterocycles. The van der Waals surface area contributed by atoms with E-state index in [9.17, 15) is 0 Å². The molecule has 0 fully saturated rings. The number of phosphoric acid groups is 1. The molecule has 8 heteroatoms. The van der Waals surface area contributed by atoms with Crippen LogP contribution in [0, 0.1) is 0 Å². The molecule has 6 N–H and O–H groups in total. The maximum atomic E-state index is 8.77. The second-order valence-electron chi connectivity index (χ2n) is 0.491. The Morgan fingerprint density at radius 2 is 1.25 bits per heavy atom. The Balaban J connectivity index is -0.0000000267. The van der Waals surface area contributed by atoms with Gasteiger partial charge in [0.15, 0.2) is 0 Å². The summed E-state index contributed by atoms with van der Waals surface area (Å²) < 4.78 is 8.77. The summed E-state index contributed by atoms with van der Waals surface area (Å²) >= 11 is 0. The van der Waals surface area contributed by atoms with Gasteiger partial charge < -0.3 is 25.6 Å². The third kappa shape index (κ3) is 360. The Bertz CT molecular complexity index is 54.7. The molecule has 0 bridgehead atoms. The van der Waals surface area contributed by atoms with Crippen molar-refractivity contribution >= 4 is 30.9 Å². The molecule has 48 valence electrons. The Morgan fingerprint density at radius 1 is 1.25 bits per heavy atom. The SMILES string of the molecule is O.O.O=P([O-])(O)O.[Mg+2]. The van der Waals surface area contributed by atoms with Gasteiger partial charge in [0.05, 0.1) is 0 Å². The fraction of sp³-hybridized carbons (Fsp3) is 0. The largest absolute Gasteiger partial charge is 2.00 e. The minimum Gasteiger partial charge on any atom is -0.756 e. The molecule has 0 unspecified atom stereocenters. The average molecular weight is 157 g/mol. The molecule has 6 nitrogen and oxygen atoms in total. The summed E-state index contributed by atoms with van der Waals surface area (Å²) in [4.78, 5) is 22.9. The third-order valence-electron chi connectivity index (χ3n) is 0. The first-order valence-electron chi connectivity index (χ1n) is 0.765. The van der Waals surface area contributed by atoms with Gasteiger partial charge in [-0.1, -0.05) is 0 Å². The van der Waals surface area contributed by atoms with E-state index >= 15 is 0 Å². The second-order valence-corrected chi connectivity index (χ2v) is 1.47. The van der Waals surface area contributed by atoms with Crippen LogP contribution >= 0.6 is 7.82 Å². The second kappa shape index (κ2) is 7.80. The number of hydrogen-bond acceptors (Lipinski definition) is 2. The molecule has 0 aliphatic rings. The van der Waals surface area contributed by atoms with Crippen LogP contribution in [0.1, 0.15) is 0 Å². The van der Waals surface area contributed by atoms with Crippen LogP contribution in [0.4, 0.5) is 0 Å². The van der Waals surface area contributed by atoms with Crippen LogP contribution in [0.5, 0.6) is 0 Å². The molecule has 0 spiro atoms. The van der Waals surface area contributed by atoms with Crippen LogP contribution in [0.15, 0.2) is 0 Å². The van der Waals surface area contributed by atoms with Gasteiger partial charge in [0.2, 0.25) is 0 Å². The zero-order valence-corrected chi connectivity index (χ0v) is 6.17. The van der Waals surface area contributed by atoms with E-state index in [1.54, 1.807) is 0 Å². The van der Waals surface area contributed by atoms with Crippen molar-refractivity contribution in [3.05, 3.63) is 0 Å². The van der Waals surface area contributed by atoms with E-state index in [1.165, 1.54) is 0 Å². The van der Waals surface area contributed by atoms with Gasteiger partial charge >= 0.3 is 23.1 Å². The number of hydrogen-bond donors (Lipinski definition) is 2. The molecular weight excluding hydrogens is 151 g/mol. The van der Waals surface area contributed by atoms with Crippen molar-refractivity contribution in [1.29, 1.82) is 0 Å². The Morgan fingerprint density at radius 3 is 1.25 bits per heavy atom. The van der Waals surface area contributed by atoms with Crippen molar-refractivity contribution in [1.82, 2.24) is 0 Å². The van der Waals surface area contributed by atoms with E-state index in [2.05, 4.69) is 0 Å². The molecule has 0 aliphatic carbocycles. The zero-order valence-electron chi connectivity index (χ0n) is 3.87. The van der Waals surface area contributed by atoms with E-state index in [0.29, 0.717) is 0 Å². The Labute approximate surface area is 61.5 Å². The van der Waals surface area contributed by atoms with Crippen LogP contribution in [-0.4, -0.2) is 43.8 Å². The third-order valence-corrected chi connectivity index (χ3v) is 0. The summed E-state index contributed by atoms with van der Waals surface area (Å²) in [5.41, 5.74) is 0. The Kier molecular flexibility index (Phi) is 22.6. The van der Waals surface area contributed by atoms with E-state index in [1.807, 2.05) is 0 Å². The van der Waals surface area contributed by atoms with E-state index in [-0.39, 0.29) is 34.0 Å². The van der Waals surface area contributed by atoms with Crippen LogP contribution in [0.25, 0.3) is 0 Å². The first-order valence-corrected chi connectivity index (χ1v) is 2.30. The monoisotopic (exact) mass is 157 g/mol. The normalized spacial score (nSPS) is 7.38. The molecule has 8 heavy (non-hydrogen) atoms. The minimum absolute atomic E-state index is 0. The van der Waals surface area contributed by atoms with Gasteiger partial charge in [-0.3, -0.25) is 4.57 Å². The predicted molar refractivity (Wildman–Crippen MR) is 25.0 cm³/mol. The molecule has 0 aromatic heterocycles. The van der Waals surface area contributed by atoms with Crippen LogP contribution in [0.2, 0.25) is 0 Å². The van der Waals surface area contributed by atoms with E-state index < -0.39 is 7.82 Å². The van der Waals surface area contributed by atoms with Gasteiger partial charge in [-0.2, -0.15) is 0 Å². The fourth-order valence-electron chi connectivity index (χ4n) is 0. The standard InChI is InChI=1S/Mg.H3O4P.2H2O/c;1-5(2,3)4;;/h;(H3,1,2,3,4);2*1H2/q+2;;;/p-1. The van der Waals surface area contributed by atoms with Crippen molar-refractivity contribution in [2.24, 2.45) is 0 Å². The first kappa shape index (κ1) is 23.2. The quantitative estimate of drug-likeness (QED) is 0.276. The van der Waals surface area contributed by atoms with Crippen molar-refractivity contribution in [2.75, 3.05) is 0 Å². The molecule has 0 radical (unpaired) electrons. The molecule has 0 amide bonds. The maximum Gasteiger partial charge on any atom is 2.00 e. The molecule has 0 rings (SSSR count). The van der Waals surface area contributed by atoms with Gasteiger partial charge in [0.25, 0.3) is 7.82 Å². The van der Waals surface area contributed by atoms with Gasteiger partial charge in [0, 0.05) is 0 Å². The van der Waals surface area contributed by atoms with E-state index in [4.69, 9.17) is 19.2 Å². The summed E-state index contributed by atoms with van der Waals surface area (Å²) in [6, 6.07) is 0. The number of rotatable bonds is 0. The smallest absolute Gasteiger partial charge is 0.756 e. The topological polar surface area (TPSA) is 144 Å². The van der Waals surface area contributed by atoms with Crippen molar-refractivity contribution < 1.29 is 30.2 Å². The van der Waals surface area contributed by atoms with Gasteiger partial charge in [0.1, 0.15) is 0 Å². The molecule has 0 atom stereocenters. The van der Waals surface area contributed by atoms with Crippen molar-refractivity contribution in [3.8, 4) is 0 Å². The minimum atomic E-state index is -4.89. The molecular formula is H6MgO6P+. The van der Waals surface area contributed by atoms with Gasteiger partial charge in [-0.05, 0) is 0 Å². The maximum absolute atomic E-state index is 8.77. The molecule has 0 heterocycles. The molecule has 0 aromatic rings. The van der Waals surface area contributed by atoms with Gasteiger partial charge in [-0.15, -0.1) is 0 Å². The zero-order chi connectivity index (χ0) is 4.50. The first-order chi connectivity index (χ1) is 2.00. The predicted octanol–water partition coefficient (Wildman–Crippen LogP) is -3.59. The Hall–Kier alpha value is 0.796. The van der Waals surface area contributed by atoms with Crippen LogP contribution in [0.3, 0.4) is 0 Å². The summed E-state index contributed by atoms with van der Waals surface area (Å²) in [6.45, 7) is 0. The van der Waals surface area contributed by atoms with Crippen LogP contribution in [-0.2, 0) is 4.57 Å². The summed E-state index contributed by atoms with van der Waals surface area (Å²) in [6.07, 6.45) is 0. The molecule has 0 saturated carbocycles. The fourth-order valence-corrected chi connectivity index (χ4v) is 0. The average Bonchev–Trinajstić information content (AvgIpc) is 0.722. The summed E-state index contributed by atoms with van der Waals surface area (Å²) in [5.74, 6) is 0. The molecule has 0 saturated heterocycles.